The van der Waals surface area contributed by atoms with Gasteiger partial charge < -0.3 is 10.1 Å². The van der Waals surface area contributed by atoms with Crippen molar-refractivity contribution in [2.45, 2.75) is 18.0 Å². The summed E-state index contributed by atoms with van der Waals surface area (Å²) in [5.74, 6) is -0.847. The van der Waals surface area contributed by atoms with Gasteiger partial charge in [-0.2, -0.15) is 13.2 Å². The summed E-state index contributed by atoms with van der Waals surface area (Å²) in [6.07, 6.45) is -3.60. The van der Waals surface area contributed by atoms with Crippen LogP contribution in [0.15, 0.2) is 41.3 Å². The molecule has 0 aliphatic rings. The molecule has 0 aromatic heterocycles. The van der Waals surface area contributed by atoms with E-state index in [0.717, 1.165) is 31.4 Å². The number of ether oxygens (including phenoxy) is 1. The number of hydrogen-bond acceptors (Lipinski definition) is 5. The van der Waals surface area contributed by atoms with Crippen molar-refractivity contribution in [3.63, 3.8) is 0 Å². The van der Waals surface area contributed by atoms with Crippen LogP contribution in [-0.4, -0.2) is 20.6 Å². The maximum absolute atomic E-state index is 12.9. The predicted octanol–water partition coefficient (Wildman–Crippen LogP) is 4.43. The molecule has 0 aliphatic carbocycles. The van der Waals surface area contributed by atoms with Gasteiger partial charge in [0.2, 0.25) is 0 Å². The van der Waals surface area contributed by atoms with E-state index in [9.17, 15) is 26.4 Å². The van der Waals surface area contributed by atoms with Crippen molar-refractivity contribution in [1.29, 1.82) is 0 Å². The maximum atomic E-state index is 12.9. The minimum atomic E-state index is -4.60. The summed E-state index contributed by atoms with van der Waals surface area (Å²) < 4.78 is 66.8. The smallest absolute Gasteiger partial charge is 0.416 e. The van der Waals surface area contributed by atoms with Crippen molar-refractivity contribution >= 4 is 38.8 Å². The van der Waals surface area contributed by atoms with Crippen LogP contribution in [0.25, 0.3) is 0 Å². The lowest BCUT2D eigenvalue weighted by Crippen LogP contribution is -2.08. The molecular weight excluding hydrogens is 395 g/mol. The number of rotatable bonds is 4. The summed E-state index contributed by atoms with van der Waals surface area (Å²) in [6, 6.07) is 6.26. The Hall–Kier alpha value is -2.26. The molecule has 0 heterocycles. The number of halogens is 4. The summed E-state index contributed by atoms with van der Waals surface area (Å²) >= 11 is 6.02. The van der Waals surface area contributed by atoms with Crippen LogP contribution in [0.1, 0.15) is 12.5 Å². The van der Waals surface area contributed by atoms with Crippen LogP contribution in [-0.2, 0) is 20.8 Å². The van der Waals surface area contributed by atoms with E-state index in [1.165, 1.54) is 18.2 Å². The molecule has 0 bridgehead atoms. The molecule has 2 aromatic rings. The molecule has 0 saturated heterocycles. The zero-order valence-electron chi connectivity index (χ0n) is 13.5. The first-order valence-corrected chi connectivity index (χ1v) is 9.31. The lowest BCUT2D eigenvalue weighted by molar-refractivity contribution is -0.137. The van der Waals surface area contributed by atoms with Crippen LogP contribution < -0.4 is 10.1 Å². The van der Waals surface area contributed by atoms with Crippen LogP contribution in [0, 0.1) is 0 Å². The summed E-state index contributed by atoms with van der Waals surface area (Å²) in [5, 5.41) is 2.60. The quantitative estimate of drug-likeness (QED) is 0.599. The zero-order chi connectivity index (χ0) is 19.7. The van der Waals surface area contributed by atoms with Gasteiger partial charge in [0.25, 0.3) is 0 Å². The predicted molar refractivity (Wildman–Crippen MR) is 90.6 cm³/mol. The highest BCUT2D eigenvalue weighted by molar-refractivity contribution is 7.90. The van der Waals surface area contributed by atoms with E-state index in [4.69, 9.17) is 16.3 Å². The number of nitrogens with one attached hydrogen (secondary N) is 1. The Labute approximate surface area is 152 Å². The second kappa shape index (κ2) is 7.16. The molecule has 0 unspecified atom stereocenters. The Morgan fingerprint density at radius 1 is 1.12 bits per heavy atom. The second-order valence-electron chi connectivity index (χ2n) is 5.34. The van der Waals surface area contributed by atoms with Crippen molar-refractivity contribution in [3.8, 4) is 5.75 Å². The Kier molecular flexibility index (Phi) is 5.52. The third-order valence-electron chi connectivity index (χ3n) is 3.20. The van der Waals surface area contributed by atoms with Crippen LogP contribution in [0.4, 0.5) is 24.5 Å². The van der Waals surface area contributed by atoms with E-state index in [-0.39, 0.29) is 27.0 Å². The fourth-order valence-corrected chi connectivity index (χ4v) is 2.96. The highest BCUT2D eigenvalue weighted by atomic mass is 35.5. The number of hydrogen-bond donors (Lipinski definition) is 1. The molecule has 140 valence electrons. The number of sulfone groups is 1. The van der Waals surface area contributed by atoms with Crippen molar-refractivity contribution in [2.24, 2.45) is 0 Å². The molecule has 0 aliphatic heterocycles. The number of benzene rings is 2. The second-order valence-corrected chi connectivity index (χ2v) is 7.76. The van der Waals surface area contributed by atoms with E-state index in [2.05, 4.69) is 5.32 Å². The lowest BCUT2D eigenvalue weighted by atomic mass is 10.1. The number of anilines is 2. The van der Waals surface area contributed by atoms with E-state index in [1.807, 2.05) is 0 Å². The molecule has 2 aromatic carbocycles. The first-order valence-electron chi connectivity index (χ1n) is 7.04. The standard InChI is InChI=1S/C16H13ClF3NO4S/c1-9(22)25-15-6-3-10(16(18,19)20)7-14(15)21-13-5-4-11(8-12(13)17)26(2,23)24/h3-8,21H,1-2H3. The Morgan fingerprint density at radius 2 is 1.77 bits per heavy atom. The highest BCUT2D eigenvalue weighted by Crippen LogP contribution is 2.37. The summed E-state index contributed by atoms with van der Waals surface area (Å²) in [5.41, 5.74) is -0.962. The average Bonchev–Trinajstić information content (AvgIpc) is 2.48. The molecule has 10 heteroatoms. The molecule has 0 fully saturated rings. The van der Waals surface area contributed by atoms with E-state index >= 15 is 0 Å². The van der Waals surface area contributed by atoms with Crippen molar-refractivity contribution < 1.29 is 31.1 Å². The van der Waals surface area contributed by atoms with Gasteiger partial charge in [0, 0.05) is 13.2 Å². The van der Waals surface area contributed by atoms with Gasteiger partial charge >= 0.3 is 12.1 Å². The SMILES string of the molecule is CC(=O)Oc1ccc(C(F)(F)F)cc1Nc1ccc(S(C)(=O)=O)cc1Cl. The summed E-state index contributed by atoms with van der Waals surface area (Å²) in [4.78, 5) is 11.1. The molecule has 0 amide bonds. The van der Waals surface area contributed by atoms with Gasteiger partial charge in [-0.15, -0.1) is 0 Å². The van der Waals surface area contributed by atoms with E-state index < -0.39 is 27.5 Å². The molecule has 26 heavy (non-hydrogen) atoms. The third kappa shape index (κ3) is 4.89. The van der Waals surface area contributed by atoms with Crippen LogP contribution in [0.3, 0.4) is 0 Å². The molecule has 2 rings (SSSR count). The van der Waals surface area contributed by atoms with Gasteiger partial charge in [0.15, 0.2) is 15.6 Å². The maximum Gasteiger partial charge on any atom is 0.416 e. The molecule has 5 nitrogen and oxygen atoms in total. The summed E-state index contributed by atoms with van der Waals surface area (Å²) in [6.45, 7) is 1.11. The van der Waals surface area contributed by atoms with Gasteiger partial charge in [-0.1, -0.05) is 11.6 Å². The van der Waals surface area contributed by atoms with E-state index in [1.54, 1.807) is 0 Å². The minimum Gasteiger partial charge on any atom is -0.424 e. The Balaban J connectivity index is 2.48. The Bertz CT molecular complexity index is 958. The largest absolute Gasteiger partial charge is 0.424 e. The number of alkyl halides is 3. The van der Waals surface area contributed by atoms with Crippen molar-refractivity contribution in [1.82, 2.24) is 0 Å². The number of carbonyl (C=O) groups is 1. The van der Waals surface area contributed by atoms with Crippen molar-refractivity contribution in [2.75, 3.05) is 11.6 Å². The first kappa shape index (κ1) is 20.1. The minimum absolute atomic E-state index is 0.0286. The van der Waals surface area contributed by atoms with Crippen LogP contribution in [0.2, 0.25) is 5.02 Å². The average molecular weight is 408 g/mol. The van der Waals surface area contributed by atoms with Gasteiger partial charge in [-0.3, -0.25) is 4.79 Å². The fourth-order valence-electron chi connectivity index (χ4n) is 2.02. The first-order chi connectivity index (χ1) is 11.9. The van der Waals surface area contributed by atoms with Crippen LogP contribution >= 0.6 is 11.6 Å². The molecule has 0 saturated carbocycles. The van der Waals surface area contributed by atoms with Crippen LogP contribution in [0.5, 0.6) is 5.75 Å². The van der Waals surface area contributed by atoms with Gasteiger partial charge in [-0.25, -0.2) is 8.42 Å². The summed E-state index contributed by atoms with van der Waals surface area (Å²) in [7, 11) is -3.50. The van der Waals surface area contributed by atoms with Gasteiger partial charge in [0.1, 0.15) is 0 Å². The van der Waals surface area contributed by atoms with Gasteiger partial charge in [0.05, 0.1) is 26.9 Å². The van der Waals surface area contributed by atoms with Gasteiger partial charge in [-0.05, 0) is 36.4 Å². The highest BCUT2D eigenvalue weighted by Gasteiger charge is 2.31. The monoisotopic (exact) mass is 407 g/mol. The molecule has 0 atom stereocenters. The lowest BCUT2D eigenvalue weighted by Gasteiger charge is -2.15. The molecule has 1 N–H and O–H groups in total. The molecular formula is C16H13ClF3NO4S. The number of esters is 1. The normalized spacial score (nSPS) is 11.9. The molecule has 0 spiro atoms. The Morgan fingerprint density at radius 3 is 2.27 bits per heavy atom. The van der Waals surface area contributed by atoms with E-state index in [0.29, 0.717) is 0 Å². The third-order valence-corrected chi connectivity index (χ3v) is 4.62. The fraction of sp³-hybridized carbons (Fsp3) is 0.188. The van der Waals surface area contributed by atoms with Crippen molar-refractivity contribution in [3.05, 3.63) is 47.0 Å². The number of carbonyl (C=O) groups excluding carboxylic acids is 1. The molecule has 0 radical (unpaired) electrons. The zero-order valence-corrected chi connectivity index (χ0v) is 15.1. The topological polar surface area (TPSA) is 72.5 Å².